The van der Waals surface area contributed by atoms with Crippen LogP contribution in [0.2, 0.25) is 0 Å². The van der Waals surface area contributed by atoms with Gasteiger partial charge in [-0.2, -0.15) is 0 Å². The van der Waals surface area contributed by atoms with Crippen LogP contribution in [0.25, 0.3) is 0 Å². The van der Waals surface area contributed by atoms with Crippen molar-refractivity contribution >= 4 is 23.2 Å². The molecule has 0 radical (unpaired) electrons. The fourth-order valence-corrected chi connectivity index (χ4v) is 5.34. The molecule has 2 amide bonds. The van der Waals surface area contributed by atoms with Gasteiger partial charge in [-0.25, -0.2) is 4.39 Å². The highest BCUT2D eigenvalue weighted by Gasteiger charge is 2.33. The van der Waals surface area contributed by atoms with Gasteiger partial charge in [0.05, 0.1) is 13.2 Å². The van der Waals surface area contributed by atoms with E-state index in [1.165, 1.54) is 17.0 Å². The van der Waals surface area contributed by atoms with Crippen molar-refractivity contribution in [1.29, 1.82) is 0 Å². The van der Waals surface area contributed by atoms with Gasteiger partial charge >= 0.3 is 0 Å². The number of amides is 2. The van der Waals surface area contributed by atoms with Gasteiger partial charge in [0, 0.05) is 23.5 Å². The summed E-state index contributed by atoms with van der Waals surface area (Å²) in [6.07, 6.45) is 0.766. The Morgan fingerprint density at radius 3 is 2.44 bits per heavy atom. The van der Waals surface area contributed by atoms with Crippen molar-refractivity contribution in [2.45, 2.75) is 26.3 Å². The molecule has 1 aliphatic rings. The molecule has 1 atom stereocenters. The minimum Gasteiger partial charge on any atom is -0.497 e. The van der Waals surface area contributed by atoms with Crippen LogP contribution in [0.5, 0.6) is 11.5 Å². The van der Waals surface area contributed by atoms with Gasteiger partial charge in [0.15, 0.2) is 0 Å². The minimum atomic E-state index is -0.330. The van der Waals surface area contributed by atoms with E-state index in [0.717, 1.165) is 12.0 Å². The monoisotopic (exact) mass is 510 g/mol. The van der Waals surface area contributed by atoms with Gasteiger partial charge < -0.3 is 19.3 Å². The van der Waals surface area contributed by atoms with Crippen LogP contribution in [0.4, 0.5) is 4.39 Å². The SMILES string of the molecule is COc1ccc(C(=O)N(CC(=O)N2CCc3sccc3[C@H]2COc2ccc(F)cc2)CC(C)C)cc1. The normalized spacial score (nSPS) is 14.9. The molecule has 0 unspecified atom stereocenters. The standard InChI is InChI=1S/C28H31FN2O4S/c1-19(2)16-30(28(33)20-4-8-22(34-3)9-5-20)17-27(32)31-14-12-26-24(13-15-36-26)25(31)18-35-23-10-6-21(29)7-11-23/h4-11,13,15,19,25H,12,14,16-18H2,1-3H3/t25-/m1/s1. The largest absolute Gasteiger partial charge is 0.497 e. The lowest BCUT2D eigenvalue weighted by atomic mass is 10.00. The Kier molecular flexibility index (Phi) is 8.25. The number of rotatable bonds is 9. The minimum absolute atomic E-state index is 0.0183. The molecule has 1 aromatic heterocycles. The molecule has 190 valence electrons. The van der Waals surface area contributed by atoms with Gasteiger partial charge in [-0.1, -0.05) is 13.8 Å². The molecular formula is C28H31FN2O4S. The molecule has 0 fully saturated rings. The first-order valence-corrected chi connectivity index (χ1v) is 12.9. The van der Waals surface area contributed by atoms with Crippen LogP contribution in [0.1, 0.15) is 40.7 Å². The molecule has 2 heterocycles. The highest BCUT2D eigenvalue weighted by molar-refractivity contribution is 7.10. The van der Waals surface area contributed by atoms with Crippen molar-refractivity contribution in [2.75, 3.05) is 33.4 Å². The Balaban J connectivity index is 1.52. The summed E-state index contributed by atoms with van der Waals surface area (Å²) < 4.78 is 24.5. The van der Waals surface area contributed by atoms with Gasteiger partial charge in [-0.05, 0) is 77.9 Å². The fraction of sp³-hybridized carbons (Fsp3) is 0.357. The van der Waals surface area contributed by atoms with Gasteiger partial charge in [0.1, 0.15) is 30.5 Å². The maximum absolute atomic E-state index is 13.6. The summed E-state index contributed by atoms with van der Waals surface area (Å²) in [6, 6.07) is 14.5. The number of carbonyl (C=O) groups excluding carboxylic acids is 2. The molecule has 8 heteroatoms. The number of nitrogens with zero attached hydrogens (tertiary/aromatic N) is 2. The number of halogens is 1. The second kappa shape index (κ2) is 11.6. The number of benzene rings is 2. The van der Waals surface area contributed by atoms with E-state index < -0.39 is 0 Å². The van der Waals surface area contributed by atoms with Crippen molar-refractivity contribution in [3.8, 4) is 11.5 Å². The Morgan fingerprint density at radius 1 is 1.08 bits per heavy atom. The summed E-state index contributed by atoms with van der Waals surface area (Å²) >= 11 is 1.68. The quantitative estimate of drug-likeness (QED) is 0.397. The lowest BCUT2D eigenvalue weighted by molar-refractivity contribution is -0.135. The van der Waals surface area contributed by atoms with Crippen LogP contribution < -0.4 is 9.47 Å². The highest BCUT2D eigenvalue weighted by Crippen LogP contribution is 2.34. The Labute approximate surface area is 215 Å². The molecule has 0 N–H and O–H groups in total. The number of carbonyl (C=O) groups is 2. The zero-order chi connectivity index (χ0) is 25.7. The van der Waals surface area contributed by atoms with E-state index in [0.29, 0.717) is 30.2 Å². The van der Waals surface area contributed by atoms with Crippen molar-refractivity contribution in [3.05, 3.63) is 81.8 Å². The van der Waals surface area contributed by atoms with E-state index in [1.54, 1.807) is 59.7 Å². The molecule has 0 saturated heterocycles. The maximum Gasteiger partial charge on any atom is 0.254 e. The summed E-state index contributed by atoms with van der Waals surface area (Å²) in [4.78, 5) is 31.6. The summed E-state index contributed by atoms with van der Waals surface area (Å²) in [7, 11) is 1.58. The van der Waals surface area contributed by atoms with Crippen molar-refractivity contribution in [1.82, 2.24) is 9.80 Å². The van der Waals surface area contributed by atoms with Gasteiger partial charge in [-0.15, -0.1) is 11.3 Å². The Hall–Kier alpha value is -3.39. The van der Waals surface area contributed by atoms with E-state index in [1.807, 2.05) is 30.2 Å². The third-order valence-corrected chi connectivity index (χ3v) is 7.17. The Morgan fingerprint density at radius 2 is 1.78 bits per heavy atom. The van der Waals surface area contributed by atoms with Crippen molar-refractivity contribution in [3.63, 3.8) is 0 Å². The van der Waals surface area contributed by atoms with Gasteiger partial charge in [0.25, 0.3) is 5.91 Å². The predicted octanol–water partition coefficient (Wildman–Crippen LogP) is 5.20. The lowest BCUT2D eigenvalue weighted by Crippen LogP contribution is -2.48. The van der Waals surface area contributed by atoms with E-state index >= 15 is 0 Å². The number of methoxy groups -OCH3 is 1. The van der Waals surface area contributed by atoms with E-state index in [2.05, 4.69) is 0 Å². The molecule has 0 bridgehead atoms. The van der Waals surface area contributed by atoms with Crippen molar-refractivity contribution in [2.24, 2.45) is 5.92 Å². The summed E-state index contributed by atoms with van der Waals surface area (Å²) in [5.41, 5.74) is 1.58. The van der Waals surface area contributed by atoms with Crippen LogP contribution in [0.15, 0.2) is 60.0 Å². The summed E-state index contributed by atoms with van der Waals surface area (Å²) in [6.45, 7) is 5.29. The van der Waals surface area contributed by atoms with E-state index in [-0.39, 0.29) is 42.7 Å². The van der Waals surface area contributed by atoms with Crippen LogP contribution in [-0.2, 0) is 11.2 Å². The lowest BCUT2D eigenvalue weighted by Gasteiger charge is -2.37. The number of fused-ring (bicyclic) bond motifs is 1. The van der Waals surface area contributed by atoms with Crippen LogP contribution in [0, 0.1) is 11.7 Å². The molecule has 0 saturated carbocycles. The zero-order valence-corrected chi connectivity index (χ0v) is 21.6. The van der Waals surface area contributed by atoms with Gasteiger partial charge in [0.2, 0.25) is 5.91 Å². The van der Waals surface area contributed by atoms with Crippen LogP contribution in [-0.4, -0.2) is 55.0 Å². The second-order valence-electron chi connectivity index (χ2n) is 9.22. The smallest absolute Gasteiger partial charge is 0.254 e. The topological polar surface area (TPSA) is 59.1 Å². The number of thiophene rings is 1. The maximum atomic E-state index is 13.6. The number of hydrogen-bond donors (Lipinski definition) is 0. The molecule has 3 aromatic rings. The Bertz CT molecular complexity index is 1180. The zero-order valence-electron chi connectivity index (χ0n) is 20.8. The number of hydrogen-bond acceptors (Lipinski definition) is 5. The molecule has 36 heavy (non-hydrogen) atoms. The molecule has 1 aliphatic heterocycles. The third-order valence-electron chi connectivity index (χ3n) is 6.17. The van der Waals surface area contributed by atoms with Gasteiger partial charge in [-0.3, -0.25) is 9.59 Å². The molecule has 4 rings (SSSR count). The second-order valence-corrected chi connectivity index (χ2v) is 10.2. The molecule has 6 nitrogen and oxygen atoms in total. The fourth-order valence-electron chi connectivity index (χ4n) is 4.41. The van der Waals surface area contributed by atoms with Crippen LogP contribution >= 0.6 is 11.3 Å². The molecule has 2 aromatic carbocycles. The molecule has 0 aliphatic carbocycles. The third kappa shape index (κ3) is 6.05. The highest BCUT2D eigenvalue weighted by atomic mass is 32.1. The first-order chi connectivity index (χ1) is 17.4. The first kappa shape index (κ1) is 25.7. The summed E-state index contributed by atoms with van der Waals surface area (Å²) in [5.74, 6) is 0.768. The van der Waals surface area contributed by atoms with E-state index in [9.17, 15) is 14.0 Å². The molecular weight excluding hydrogens is 479 g/mol. The average molecular weight is 511 g/mol. The van der Waals surface area contributed by atoms with Crippen molar-refractivity contribution < 1.29 is 23.5 Å². The average Bonchev–Trinajstić information content (AvgIpc) is 3.36. The van der Waals surface area contributed by atoms with E-state index in [4.69, 9.17) is 9.47 Å². The summed E-state index contributed by atoms with van der Waals surface area (Å²) in [5, 5.41) is 2.03. The first-order valence-electron chi connectivity index (χ1n) is 12.0. The predicted molar refractivity (Wildman–Crippen MR) is 138 cm³/mol. The molecule has 0 spiro atoms. The van der Waals surface area contributed by atoms with Crippen LogP contribution in [0.3, 0.4) is 0 Å². The number of ether oxygens (including phenoxy) is 2.